The highest BCUT2D eigenvalue weighted by Gasteiger charge is 2.23. The van der Waals surface area contributed by atoms with E-state index in [4.69, 9.17) is 10.5 Å². The lowest BCUT2D eigenvalue weighted by Crippen LogP contribution is -2.36. The van der Waals surface area contributed by atoms with Gasteiger partial charge >= 0.3 is 0 Å². The van der Waals surface area contributed by atoms with E-state index in [1.165, 1.54) is 6.20 Å². The fourth-order valence-corrected chi connectivity index (χ4v) is 2.74. The van der Waals surface area contributed by atoms with E-state index < -0.39 is 0 Å². The molecule has 0 saturated carbocycles. The van der Waals surface area contributed by atoms with E-state index >= 15 is 0 Å². The fourth-order valence-electron chi connectivity index (χ4n) is 2.74. The molecule has 7 nitrogen and oxygen atoms in total. The van der Waals surface area contributed by atoms with Gasteiger partial charge in [0.1, 0.15) is 23.2 Å². The fraction of sp³-hybridized carbons (Fsp3) is 0.176. The normalized spacial score (nSPS) is 15.1. The van der Waals surface area contributed by atoms with Crippen LogP contribution in [-0.4, -0.2) is 35.1 Å². The maximum absolute atomic E-state index is 9.23. The highest BCUT2D eigenvalue weighted by atomic mass is 16.5. The zero-order valence-electron chi connectivity index (χ0n) is 12.8. The van der Waals surface area contributed by atoms with Crippen LogP contribution in [0.15, 0.2) is 40.4 Å². The summed E-state index contributed by atoms with van der Waals surface area (Å²) in [5.41, 5.74) is 8.13. The van der Waals surface area contributed by atoms with Gasteiger partial charge in [0, 0.05) is 24.8 Å². The molecule has 0 unspecified atom stereocenters. The van der Waals surface area contributed by atoms with Gasteiger partial charge in [-0.1, -0.05) is 0 Å². The van der Waals surface area contributed by atoms with E-state index in [1.54, 1.807) is 12.1 Å². The first-order valence-electron chi connectivity index (χ1n) is 7.58. The van der Waals surface area contributed by atoms with E-state index in [0.717, 1.165) is 36.6 Å². The third-order valence-electron chi connectivity index (χ3n) is 3.91. The maximum Gasteiger partial charge on any atom is 0.239 e. The van der Waals surface area contributed by atoms with Gasteiger partial charge in [0.05, 0.1) is 17.7 Å². The largest absolute Gasteiger partial charge is 0.438 e. The minimum Gasteiger partial charge on any atom is -0.438 e. The van der Waals surface area contributed by atoms with Crippen molar-refractivity contribution in [1.82, 2.24) is 9.88 Å². The van der Waals surface area contributed by atoms with E-state index in [-0.39, 0.29) is 11.4 Å². The summed E-state index contributed by atoms with van der Waals surface area (Å²) in [5, 5.41) is 9.23. The van der Waals surface area contributed by atoms with Crippen molar-refractivity contribution in [2.24, 2.45) is 9.98 Å². The molecule has 118 valence electrons. The molecule has 0 fully saturated rings. The van der Waals surface area contributed by atoms with Crippen molar-refractivity contribution in [2.45, 2.75) is 6.42 Å². The molecule has 2 N–H and O–H groups in total. The lowest BCUT2D eigenvalue weighted by atomic mass is 10.1. The minimum absolute atomic E-state index is 0.194. The van der Waals surface area contributed by atoms with Crippen LogP contribution in [0.1, 0.15) is 17.5 Å². The summed E-state index contributed by atoms with van der Waals surface area (Å²) in [6.07, 6.45) is 4.34. The molecule has 2 aliphatic heterocycles. The lowest BCUT2D eigenvalue weighted by Gasteiger charge is -2.29. The number of nitrogen functional groups attached to an aromatic ring is 1. The first-order valence-corrected chi connectivity index (χ1v) is 7.58. The zero-order valence-corrected chi connectivity index (χ0v) is 12.8. The Bertz CT molecular complexity index is 912. The molecular weight excluding hydrogens is 304 g/mol. The van der Waals surface area contributed by atoms with Gasteiger partial charge in [-0.05, 0) is 30.7 Å². The minimum atomic E-state index is 0.194. The molecule has 4 rings (SSSR count). The number of amidine groups is 1. The summed E-state index contributed by atoms with van der Waals surface area (Å²) < 4.78 is 5.79. The van der Waals surface area contributed by atoms with Gasteiger partial charge in [-0.3, -0.25) is 4.99 Å². The molecule has 24 heavy (non-hydrogen) atoms. The Hall–Kier alpha value is -3.40. The number of rotatable bonds is 2. The molecule has 0 saturated heterocycles. The van der Waals surface area contributed by atoms with Crippen LogP contribution in [0.25, 0.3) is 0 Å². The molecule has 0 bridgehead atoms. The number of ether oxygens (including phenoxy) is 1. The Morgan fingerprint density at radius 2 is 2.21 bits per heavy atom. The number of nitrogens with zero attached hydrogens (tertiary/aromatic N) is 5. The van der Waals surface area contributed by atoms with Gasteiger partial charge in [0.25, 0.3) is 0 Å². The quantitative estimate of drug-likeness (QED) is 0.916. The van der Waals surface area contributed by atoms with Crippen LogP contribution >= 0.6 is 0 Å². The van der Waals surface area contributed by atoms with Gasteiger partial charge in [-0.25, -0.2) is 9.98 Å². The number of hydrogen-bond acceptors (Lipinski definition) is 7. The third-order valence-corrected chi connectivity index (χ3v) is 3.91. The predicted octanol–water partition coefficient (Wildman–Crippen LogP) is 2.45. The first-order chi connectivity index (χ1) is 11.8. The first kappa shape index (κ1) is 14.2. The van der Waals surface area contributed by atoms with Crippen LogP contribution in [0.3, 0.4) is 0 Å². The molecule has 0 aliphatic carbocycles. The van der Waals surface area contributed by atoms with Crippen LogP contribution in [0, 0.1) is 11.3 Å². The van der Waals surface area contributed by atoms with Crippen LogP contribution < -0.4 is 10.5 Å². The Balaban J connectivity index is 1.73. The van der Waals surface area contributed by atoms with Crippen molar-refractivity contribution in [3.8, 4) is 17.7 Å². The lowest BCUT2D eigenvalue weighted by molar-refractivity contribution is 0.461. The smallest absolute Gasteiger partial charge is 0.239 e. The summed E-state index contributed by atoms with van der Waals surface area (Å²) in [6.45, 7) is 1.71. The van der Waals surface area contributed by atoms with Crippen LogP contribution in [0.4, 0.5) is 11.4 Å². The number of fused-ring (bicyclic) bond motifs is 3. The molecule has 0 spiro atoms. The molecule has 1 aromatic carbocycles. The summed E-state index contributed by atoms with van der Waals surface area (Å²) >= 11 is 0. The average molecular weight is 318 g/mol. The van der Waals surface area contributed by atoms with Crippen molar-refractivity contribution in [1.29, 1.82) is 5.26 Å². The van der Waals surface area contributed by atoms with Crippen molar-refractivity contribution < 1.29 is 4.74 Å². The van der Waals surface area contributed by atoms with Crippen LogP contribution in [0.2, 0.25) is 0 Å². The third kappa shape index (κ3) is 2.34. The van der Waals surface area contributed by atoms with E-state index in [2.05, 4.69) is 15.0 Å². The molecule has 2 aromatic rings. The Morgan fingerprint density at radius 3 is 3.08 bits per heavy atom. The van der Waals surface area contributed by atoms with Gasteiger partial charge in [0.2, 0.25) is 5.88 Å². The molecule has 0 radical (unpaired) electrons. The van der Waals surface area contributed by atoms with Crippen LogP contribution in [-0.2, 0) is 0 Å². The number of nitriles is 1. The number of benzene rings is 1. The molecule has 1 aromatic heterocycles. The Morgan fingerprint density at radius 1 is 1.29 bits per heavy atom. The average Bonchev–Trinajstić information content (AvgIpc) is 2.62. The van der Waals surface area contributed by atoms with Crippen molar-refractivity contribution >= 4 is 23.5 Å². The van der Waals surface area contributed by atoms with Crippen LogP contribution in [0.5, 0.6) is 11.6 Å². The summed E-state index contributed by atoms with van der Waals surface area (Å²) in [4.78, 5) is 15.2. The van der Waals surface area contributed by atoms with Crippen molar-refractivity contribution in [3.05, 3.63) is 41.6 Å². The molecule has 7 heteroatoms. The second kappa shape index (κ2) is 5.66. The molecule has 3 heterocycles. The predicted molar refractivity (Wildman–Crippen MR) is 90.8 cm³/mol. The van der Waals surface area contributed by atoms with Gasteiger partial charge < -0.3 is 15.4 Å². The molecule has 0 amide bonds. The molecule has 2 aliphatic rings. The van der Waals surface area contributed by atoms with E-state index in [0.29, 0.717) is 11.4 Å². The number of aromatic nitrogens is 1. The van der Waals surface area contributed by atoms with Gasteiger partial charge in [-0.2, -0.15) is 5.26 Å². The van der Waals surface area contributed by atoms with Crippen molar-refractivity contribution in [3.63, 3.8) is 0 Å². The summed E-state index contributed by atoms with van der Waals surface area (Å²) in [7, 11) is 0. The summed E-state index contributed by atoms with van der Waals surface area (Å²) in [5.74, 6) is 1.66. The zero-order chi connectivity index (χ0) is 16.5. The number of nitrogens with two attached hydrogens (primary N) is 1. The number of pyridine rings is 1. The van der Waals surface area contributed by atoms with E-state index in [1.807, 2.05) is 29.4 Å². The second-order valence-electron chi connectivity index (χ2n) is 5.47. The summed E-state index contributed by atoms with van der Waals surface area (Å²) in [6, 6.07) is 9.13. The van der Waals surface area contributed by atoms with Gasteiger partial charge in [0.15, 0.2) is 0 Å². The monoisotopic (exact) mass is 318 g/mol. The number of anilines is 1. The highest BCUT2D eigenvalue weighted by molar-refractivity contribution is 6.11. The number of hydrogen-bond donors (Lipinski definition) is 1. The van der Waals surface area contributed by atoms with E-state index in [9.17, 15) is 5.26 Å². The maximum atomic E-state index is 9.23. The Labute approximate surface area is 138 Å². The topological polar surface area (TPSA) is 99.9 Å². The van der Waals surface area contributed by atoms with Gasteiger partial charge in [-0.15, -0.1) is 0 Å². The standard InChI is InChI=1S/C17H14N6O/c18-9-13-14(19)4-6-21-17(13)24-11-2-3-15-12(8-11)16-20-5-1-7-23(16)10-22-15/h2-4,6,8,10H,1,5,7H2,(H2,19,21). The SMILES string of the molecule is N#Cc1c(N)ccnc1Oc1ccc2c(c1)C1=NCCCN1C=N2. The molecule has 0 atom stereocenters. The van der Waals surface area contributed by atoms with Crippen molar-refractivity contribution in [2.75, 3.05) is 18.8 Å². The second-order valence-corrected chi connectivity index (χ2v) is 5.47. The highest BCUT2D eigenvalue weighted by Crippen LogP contribution is 2.32. The molecular formula is C17H14N6O. The Kier molecular flexibility index (Phi) is 3.35. The number of aliphatic imine (C=N–C) groups is 2.